The average molecular weight is 299 g/mol. The van der Waals surface area contributed by atoms with Crippen molar-refractivity contribution >= 4 is 17.5 Å². The van der Waals surface area contributed by atoms with Gasteiger partial charge in [-0.05, 0) is 42.7 Å². The molecule has 3 aromatic rings. The second-order valence-electron chi connectivity index (χ2n) is 5.08. The summed E-state index contributed by atoms with van der Waals surface area (Å²) in [6.07, 6.45) is 0. The number of halogens is 1. The van der Waals surface area contributed by atoms with E-state index < -0.39 is 0 Å². The molecule has 3 nitrogen and oxygen atoms in total. The van der Waals surface area contributed by atoms with Crippen molar-refractivity contribution in [1.82, 2.24) is 5.16 Å². The number of rotatable bonds is 2. The van der Waals surface area contributed by atoms with Crippen LogP contribution < -0.4 is 5.73 Å². The largest absolute Gasteiger partial charge is 0.367 e. The molecule has 0 bridgehead atoms. The summed E-state index contributed by atoms with van der Waals surface area (Å²) in [7, 11) is 0. The van der Waals surface area contributed by atoms with Crippen LogP contribution in [0.25, 0.3) is 22.4 Å². The van der Waals surface area contributed by atoms with Crippen molar-refractivity contribution in [3.05, 3.63) is 58.6 Å². The van der Waals surface area contributed by atoms with E-state index in [0.29, 0.717) is 16.6 Å². The van der Waals surface area contributed by atoms with Gasteiger partial charge in [0.25, 0.3) is 0 Å². The summed E-state index contributed by atoms with van der Waals surface area (Å²) in [5, 5.41) is 4.75. The molecule has 21 heavy (non-hydrogen) atoms. The van der Waals surface area contributed by atoms with Crippen molar-refractivity contribution < 1.29 is 4.52 Å². The third-order valence-corrected chi connectivity index (χ3v) is 3.85. The third kappa shape index (κ3) is 2.52. The molecular weight excluding hydrogens is 284 g/mol. The number of hydrogen-bond acceptors (Lipinski definition) is 3. The summed E-state index contributed by atoms with van der Waals surface area (Å²) in [6, 6.07) is 13.7. The molecule has 0 amide bonds. The lowest BCUT2D eigenvalue weighted by Gasteiger charge is -2.06. The molecule has 0 unspecified atom stereocenters. The highest BCUT2D eigenvalue weighted by Crippen LogP contribution is 2.37. The number of nitrogens with zero attached hydrogens (tertiary/aromatic N) is 1. The van der Waals surface area contributed by atoms with Crippen molar-refractivity contribution in [3.8, 4) is 22.4 Å². The van der Waals surface area contributed by atoms with Gasteiger partial charge >= 0.3 is 0 Å². The number of anilines is 1. The maximum Gasteiger partial charge on any atom is 0.230 e. The Labute approximate surface area is 128 Å². The predicted octanol–water partition coefficient (Wildman–Crippen LogP) is 4.86. The summed E-state index contributed by atoms with van der Waals surface area (Å²) < 4.78 is 5.20. The van der Waals surface area contributed by atoms with E-state index in [-0.39, 0.29) is 0 Å². The second kappa shape index (κ2) is 5.26. The lowest BCUT2D eigenvalue weighted by atomic mass is 9.98. The van der Waals surface area contributed by atoms with Crippen LogP contribution in [0.15, 0.2) is 47.0 Å². The number of nitrogens with two attached hydrogens (primary N) is 1. The number of nitrogen functional groups attached to an aromatic ring is 1. The van der Waals surface area contributed by atoms with Crippen molar-refractivity contribution in [2.24, 2.45) is 0 Å². The van der Waals surface area contributed by atoms with E-state index in [1.54, 1.807) is 0 Å². The number of aromatic nitrogens is 1. The van der Waals surface area contributed by atoms with E-state index in [4.69, 9.17) is 21.9 Å². The molecule has 0 saturated heterocycles. The average Bonchev–Trinajstić information content (AvgIpc) is 2.84. The Morgan fingerprint density at radius 1 is 1.00 bits per heavy atom. The smallest absolute Gasteiger partial charge is 0.230 e. The summed E-state index contributed by atoms with van der Waals surface area (Å²) in [6.45, 7) is 4.15. The highest BCUT2D eigenvalue weighted by Gasteiger charge is 2.18. The lowest BCUT2D eigenvalue weighted by molar-refractivity contribution is 0.439. The minimum Gasteiger partial charge on any atom is -0.367 e. The molecule has 2 N–H and O–H groups in total. The molecule has 1 aromatic heterocycles. The Bertz CT molecular complexity index is 808. The fourth-order valence-corrected chi connectivity index (χ4v) is 2.50. The van der Waals surface area contributed by atoms with E-state index in [1.165, 1.54) is 11.1 Å². The molecule has 4 heteroatoms. The highest BCUT2D eigenvalue weighted by molar-refractivity contribution is 6.30. The van der Waals surface area contributed by atoms with Crippen LogP contribution in [0.2, 0.25) is 5.02 Å². The van der Waals surface area contributed by atoms with Gasteiger partial charge in [0, 0.05) is 10.6 Å². The zero-order valence-corrected chi connectivity index (χ0v) is 12.6. The first kappa shape index (κ1) is 13.7. The van der Waals surface area contributed by atoms with E-state index in [0.717, 1.165) is 16.7 Å². The second-order valence-corrected chi connectivity index (χ2v) is 5.52. The van der Waals surface area contributed by atoms with Crippen LogP contribution in [-0.2, 0) is 0 Å². The summed E-state index contributed by atoms with van der Waals surface area (Å²) >= 11 is 6.06. The van der Waals surface area contributed by atoms with Crippen molar-refractivity contribution in [3.63, 3.8) is 0 Å². The van der Waals surface area contributed by atoms with Crippen molar-refractivity contribution in [2.75, 3.05) is 5.73 Å². The van der Waals surface area contributed by atoms with Crippen LogP contribution in [-0.4, -0.2) is 5.16 Å². The van der Waals surface area contributed by atoms with Crippen LogP contribution in [0.4, 0.5) is 5.88 Å². The maximum atomic E-state index is 6.06. The molecule has 0 aliphatic rings. The minimum atomic E-state index is 0.313. The highest BCUT2D eigenvalue weighted by atomic mass is 35.5. The fourth-order valence-electron chi connectivity index (χ4n) is 2.31. The van der Waals surface area contributed by atoms with Gasteiger partial charge < -0.3 is 10.3 Å². The Morgan fingerprint density at radius 3 is 2.52 bits per heavy atom. The first-order chi connectivity index (χ1) is 10.1. The first-order valence-electron chi connectivity index (χ1n) is 6.65. The van der Waals surface area contributed by atoms with Crippen LogP contribution in [0.3, 0.4) is 0 Å². The molecule has 3 rings (SSSR count). The van der Waals surface area contributed by atoms with Crippen LogP contribution in [0.5, 0.6) is 0 Å². The summed E-state index contributed by atoms with van der Waals surface area (Å²) in [5.41, 5.74) is 11.8. The number of aryl methyl sites for hydroxylation is 2. The molecule has 0 atom stereocenters. The summed E-state index contributed by atoms with van der Waals surface area (Å²) in [4.78, 5) is 0. The van der Waals surface area contributed by atoms with Gasteiger partial charge in [-0.2, -0.15) is 0 Å². The monoisotopic (exact) mass is 298 g/mol. The normalized spacial score (nSPS) is 10.8. The van der Waals surface area contributed by atoms with Gasteiger partial charge in [0.1, 0.15) is 5.69 Å². The minimum absolute atomic E-state index is 0.313. The Balaban J connectivity index is 2.19. The van der Waals surface area contributed by atoms with Crippen molar-refractivity contribution in [1.29, 1.82) is 0 Å². The molecule has 0 saturated carbocycles. The molecular formula is C17H15ClN2O. The van der Waals surface area contributed by atoms with E-state index >= 15 is 0 Å². The molecule has 106 valence electrons. The van der Waals surface area contributed by atoms with Crippen LogP contribution in [0.1, 0.15) is 11.1 Å². The molecule has 0 spiro atoms. The van der Waals surface area contributed by atoms with Gasteiger partial charge in [-0.1, -0.05) is 47.1 Å². The zero-order valence-electron chi connectivity index (χ0n) is 11.9. The van der Waals surface area contributed by atoms with E-state index in [1.807, 2.05) is 30.3 Å². The fraction of sp³-hybridized carbons (Fsp3) is 0.118. The molecule has 0 aliphatic carbocycles. The molecule has 0 fully saturated rings. The van der Waals surface area contributed by atoms with Gasteiger partial charge in [0.15, 0.2) is 0 Å². The standard InChI is InChI=1S/C17H15ClN2O/c1-10-6-7-12(8-11(10)2)15-16(20-21-17(15)19)13-4-3-5-14(18)9-13/h3-9H,19H2,1-2H3. The predicted molar refractivity (Wildman–Crippen MR) is 86.3 cm³/mol. The summed E-state index contributed by atoms with van der Waals surface area (Å²) in [5.74, 6) is 0.313. The topological polar surface area (TPSA) is 52.0 Å². The quantitative estimate of drug-likeness (QED) is 0.735. The zero-order chi connectivity index (χ0) is 15.0. The molecule has 0 aliphatic heterocycles. The molecule has 2 aromatic carbocycles. The maximum absolute atomic E-state index is 6.06. The van der Waals surface area contributed by atoms with Gasteiger partial charge in [-0.3, -0.25) is 0 Å². The van der Waals surface area contributed by atoms with Crippen molar-refractivity contribution in [2.45, 2.75) is 13.8 Å². The Kier molecular flexibility index (Phi) is 3.43. The van der Waals surface area contributed by atoms with Gasteiger partial charge in [-0.15, -0.1) is 0 Å². The van der Waals surface area contributed by atoms with E-state index in [2.05, 4.69) is 31.1 Å². The SMILES string of the molecule is Cc1ccc(-c2c(-c3cccc(Cl)c3)noc2N)cc1C. The first-order valence-corrected chi connectivity index (χ1v) is 7.03. The number of hydrogen-bond donors (Lipinski definition) is 1. The van der Waals surface area contributed by atoms with Gasteiger partial charge in [0.2, 0.25) is 5.88 Å². The van der Waals surface area contributed by atoms with Crippen LogP contribution in [0, 0.1) is 13.8 Å². The Morgan fingerprint density at radius 2 is 1.81 bits per heavy atom. The van der Waals surface area contributed by atoms with Gasteiger partial charge in [-0.25, -0.2) is 0 Å². The number of benzene rings is 2. The lowest BCUT2D eigenvalue weighted by Crippen LogP contribution is -1.89. The Hall–Kier alpha value is -2.26. The van der Waals surface area contributed by atoms with Crippen LogP contribution >= 0.6 is 11.6 Å². The molecule has 1 heterocycles. The third-order valence-electron chi connectivity index (χ3n) is 3.61. The molecule has 0 radical (unpaired) electrons. The van der Waals surface area contributed by atoms with Gasteiger partial charge in [0.05, 0.1) is 5.56 Å². The van der Waals surface area contributed by atoms with E-state index in [9.17, 15) is 0 Å².